The lowest BCUT2D eigenvalue weighted by atomic mass is 10.2. The molecule has 2 rings (SSSR count). The van der Waals surface area contributed by atoms with Gasteiger partial charge in [0.25, 0.3) is 0 Å². The maximum Gasteiger partial charge on any atom is 0.0169 e. The Labute approximate surface area is 94.2 Å². The van der Waals surface area contributed by atoms with Gasteiger partial charge in [0.05, 0.1) is 0 Å². The van der Waals surface area contributed by atoms with E-state index >= 15 is 0 Å². The van der Waals surface area contributed by atoms with Crippen molar-refractivity contribution in [3.8, 4) is 0 Å². The van der Waals surface area contributed by atoms with Gasteiger partial charge in [0.1, 0.15) is 0 Å². The van der Waals surface area contributed by atoms with Gasteiger partial charge in [-0.15, -0.1) is 0 Å². The molecule has 0 aromatic rings. The van der Waals surface area contributed by atoms with E-state index in [2.05, 4.69) is 69.4 Å². The molecule has 0 bridgehead atoms. The third-order valence-electron chi connectivity index (χ3n) is 2.87. The fraction of sp³-hybridized carbons (Fsp3) is 0.429. The summed E-state index contributed by atoms with van der Waals surface area (Å²) in [6.07, 6.45) is 18.2. The smallest absolute Gasteiger partial charge is 0.0169 e. The van der Waals surface area contributed by atoms with Gasteiger partial charge in [0, 0.05) is 11.3 Å². The third-order valence-corrected chi connectivity index (χ3v) is 6.39. The largest absolute Gasteiger partial charge is 0.0791 e. The van der Waals surface area contributed by atoms with E-state index in [1.165, 1.54) is 0 Å². The molecule has 15 heavy (non-hydrogen) atoms. The molecular weight excluding hydrogens is 199 g/mol. The Bertz CT molecular complexity index is 287. The first-order valence-electron chi connectivity index (χ1n) is 5.57. The van der Waals surface area contributed by atoms with Crippen LogP contribution in [0.3, 0.4) is 0 Å². The fourth-order valence-corrected chi connectivity index (χ4v) is 5.63. The Morgan fingerprint density at radius 3 is 1.33 bits per heavy atom. The van der Waals surface area contributed by atoms with Crippen LogP contribution in [-0.2, 0) is 0 Å². The lowest BCUT2D eigenvalue weighted by molar-refractivity contribution is 0.774. The number of hydrogen-bond donors (Lipinski definition) is 0. The van der Waals surface area contributed by atoms with Gasteiger partial charge < -0.3 is 0 Å². The molecular formula is C14H19P. The zero-order chi connectivity index (χ0) is 10.9. The van der Waals surface area contributed by atoms with E-state index in [1.54, 1.807) is 0 Å². The van der Waals surface area contributed by atoms with Crippen molar-refractivity contribution >= 4 is 7.92 Å². The van der Waals surface area contributed by atoms with Crippen molar-refractivity contribution in [2.24, 2.45) is 0 Å². The minimum atomic E-state index is -0.0512. The normalized spacial score (nSPS) is 21.3. The maximum atomic E-state index is 2.37. The topological polar surface area (TPSA) is 0 Å². The standard InChI is InChI=1S/C14H19P/c1-14(2,3)15(12-8-4-5-9-12)13-10-6-7-11-13/h4-13H,1-3H3. The summed E-state index contributed by atoms with van der Waals surface area (Å²) in [7, 11) is -0.0512. The Morgan fingerprint density at radius 1 is 0.733 bits per heavy atom. The molecule has 0 saturated carbocycles. The summed E-state index contributed by atoms with van der Waals surface area (Å²) >= 11 is 0. The summed E-state index contributed by atoms with van der Waals surface area (Å²) < 4.78 is 0. The highest BCUT2D eigenvalue weighted by molar-refractivity contribution is 7.61. The van der Waals surface area contributed by atoms with E-state index in [4.69, 9.17) is 0 Å². The zero-order valence-electron chi connectivity index (χ0n) is 9.72. The molecule has 0 saturated heterocycles. The second kappa shape index (κ2) is 4.10. The molecule has 0 amide bonds. The molecule has 0 radical (unpaired) electrons. The Hall–Kier alpha value is -0.610. The first kappa shape index (κ1) is 10.9. The van der Waals surface area contributed by atoms with Crippen molar-refractivity contribution in [1.29, 1.82) is 0 Å². The SMILES string of the molecule is CC(C)(C)P(C1C=CC=C1)C1C=CC=C1. The van der Waals surface area contributed by atoms with Crippen molar-refractivity contribution in [2.45, 2.75) is 37.2 Å². The third kappa shape index (κ3) is 2.32. The van der Waals surface area contributed by atoms with E-state index in [1.807, 2.05) is 0 Å². The van der Waals surface area contributed by atoms with Crippen LogP contribution in [0.25, 0.3) is 0 Å². The molecule has 0 aromatic carbocycles. The zero-order valence-corrected chi connectivity index (χ0v) is 10.6. The number of hydrogen-bond acceptors (Lipinski definition) is 0. The average molecular weight is 218 g/mol. The molecule has 0 aromatic heterocycles. The van der Waals surface area contributed by atoms with Gasteiger partial charge in [0.2, 0.25) is 0 Å². The molecule has 0 unspecified atom stereocenters. The molecule has 0 atom stereocenters. The summed E-state index contributed by atoms with van der Waals surface area (Å²) in [4.78, 5) is 0. The molecule has 0 fully saturated rings. The molecule has 80 valence electrons. The minimum Gasteiger partial charge on any atom is -0.0791 e. The van der Waals surface area contributed by atoms with E-state index in [0.717, 1.165) is 0 Å². The van der Waals surface area contributed by atoms with E-state index in [-0.39, 0.29) is 7.92 Å². The maximum absolute atomic E-state index is 2.37. The van der Waals surface area contributed by atoms with Crippen molar-refractivity contribution in [1.82, 2.24) is 0 Å². The van der Waals surface area contributed by atoms with Crippen LogP contribution in [0.1, 0.15) is 20.8 Å². The summed E-state index contributed by atoms with van der Waals surface area (Å²) in [5.41, 5.74) is 1.33. The van der Waals surface area contributed by atoms with Crippen LogP contribution in [0.15, 0.2) is 48.6 Å². The molecule has 0 heterocycles. The second-order valence-corrected chi connectivity index (χ2v) is 8.45. The highest BCUT2D eigenvalue weighted by Gasteiger charge is 2.34. The van der Waals surface area contributed by atoms with Crippen molar-refractivity contribution in [3.05, 3.63) is 48.6 Å². The fourth-order valence-electron chi connectivity index (χ4n) is 2.30. The highest BCUT2D eigenvalue weighted by atomic mass is 31.1. The van der Waals surface area contributed by atoms with E-state index in [0.29, 0.717) is 16.5 Å². The van der Waals surface area contributed by atoms with Gasteiger partial charge in [-0.1, -0.05) is 77.3 Å². The second-order valence-electron chi connectivity index (χ2n) is 5.10. The van der Waals surface area contributed by atoms with Crippen LogP contribution >= 0.6 is 7.92 Å². The van der Waals surface area contributed by atoms with Crippen molar-refractivity contribution < 1.29 is 0 Å². The Kier molecular flexibility index (Phi) is 2.98. The van der Waals surface area contributed by atoms with E-state index in [9.17, 15) is 0 Å². The quantitative estimate of drug-likeness (QED) is 0.608. The van der Waals surface area contributed by atoms with Crippen molar-refractivity contribution in [2.75, 3.05) is 0 Å². The van der Waals surface area contributed by atoms with Gasteiger partial charge in [-0.25, -0.2) is 0 Å². The van der Waals surface area contributed by atoms with Crippen LogP contribution in [0, 0.1) is 0 Å². The molecule has 0 N–H and O–H groups in total. The number of rotatable bonds is 2. The molecule has 2 aliphatic rings. The predicted molar refractivity (Wildman–Crippen MR) is 70.8 cm³/mol. The summed E-state index contributed by atoms with van der Waals surface area (Å²) in [6.45, 7) is 7.12. The summed E-state index contributed by atoms with van der Waals surface area (Å²) in [5.74, 6) is 0. The van der Waals surface area contributed by atoms with Gasteiger partial charge in [-0.05, 0) is 5.16 Å². The molecule has 0 spiro atoms. The van der Waals surface area contributed by atoms with Crippen LogP contribution in [0.2, 0.25) is 0 Å². The first-order valence-corrected chi connectivity index (χ1v) is 7.05. The summed E-state index contributed by atoms with van der Waals surface area (Å²) in [6, 6.07) is 0. The van der Waals surface area contributed by atoms with Gasteiger partial charge in [0.15, 0.2) is 0 Å². The Balaban J connectivity index is 2.23. The van der Waals surface area contributed by atoms with Gasteiger partial charge in [-0.2, -0.15) is 0 Å². The Morgan fingerprint density at radius 2 is 1.07 bits per heavy atom. The van der Waals surface area contributed by atoms with Crippen LogP contribution in [0.4, 0.5) is 0 Å². The lowest BCUT2D eigenvalue weighted by Crippen LogP contribution is -2.23. The molecule has 1 heteroatoms. The van der Waals surface area contributed by atoms with Crippen molar-refractivity contribution in [3.63, 3.8) is 0 Å². The monoisotopic (exact) mass is 218 g/mol. The van der Waals surface area contributed by atoms with E-state index < -0.39 is 0 Å². The van der Waals surface area contributed by atoms with Crippen LogP contribution in [-0.4, -0.2) is 16.5 Å². The molecule has 0 nitrogen and oxygen atoms in total. The molecule has 2 aliphatic carbocycles. The average Bonchev–Trinajstić information content (AvgIpc) is 2.73. The summed E-state index contributed by atoms with van der Waals surface area (Å²) in [5, 5.41) is 0.405. The van der Waals surface area contributed by atoms with Crippen LogP contribution in [0.5, 0.6) is 0 Å². The number of allylic oxidation sites excluding steroid dienone is 8. The van der Waals surface area contributed by atoms with Gasteiger partial charge in [-0.3, -0.25) is 0 Å². The molecule has 0 aliphatic heterocycles. The van der Waals surface area contributed by atoms with Crippen LogP contribution < -0.4 is 0 Å². The predicted octanol–water partition coefficient (Wildman–Crippen LogP) is 4.26. The minimum absolute atomic E-state index is 0.0512. The van der Waals surface area contributed by atoms with Gasteiger partial charge >= 0.3 is 0 Å². The lowest BCUT2D eigenvalue weighted by Gasteiger charge is -2.38. The first-order chi connectivity index (χ1) is 7.09. The highest BCUT2D eigenvalue weighted by Crippen LogP contribution is 2.60.